The maximum atomic E-state index is 17.1. The minimum atomic E-state index is -3.10. The van der Waals surface area contributed by atoms with E-state index in [0.717, 1.165) is 16.0 Å². The van der Waals surface area contributed by atoms with Crippen molar-refractivity contribution in [3.63, 3.8) is 0 Å². The summed E-state index contributed by atoms with van der Waals surface area (Å²) < 4.78 is 172. The Morgan fingerprint density at radius 2 is 0.640 bits per heavy atom. The predicted octanol–water partition coefficient (Wildman–Crippen LogP) is 27.9. The zero-order valence-electron chi connectivity index (χ0n) is 98.4. The van der Waals surface area contributed by atoms with Gasteiger partial charge in [0.25, 0.3) is 0 Å². The molecular formula is C106H185BrF4N10O21Si8. The first-order valence-electron chi connectivity index (χ1n) is 54.4. The summed E-state index contributed by atoms with van der Waals surface area (Å²) in [6, 6.07) is -0.929. The average Bonchev–Trinajstić information content (AvgIpc) is 1.54. The van der Waals surface area contributed by atoms with Crippen LogP contribution in [0.5, 0.6) is 0 Å². The molecule has 0 aromatic carbocycles. The second kappa shape index (κ2) is 48.6. The lowest BCUT2D eigenvalue weighted by Gasteiger charge is -2.51. The van der Waals surface area contributed by atoms with Crippen LogP contribution in [0.4, 0.5) is 48.4 Å². The van der Waals surface area contributed by atoms with Crippen molar-refractivity contribution in [2.75, 3.05) is 36.2 Å². The molecular weight excluding hydrogens is 2130 g/mol. The molecule has 4 aliphatic carbocycles. The Morgan fingerprint density at radius 3 is 0.953 bits per heavy atom. The summed E-state index contributed by atoms with van der Waals surface area (Å²) in [6.45, 7) is 103. The number of hydrogen-bond acceptors (Lipinski definition) is 27. The number of rotatable bonds is 21. The van der Waals surface area contributed by atoms with E-state index >= 15 is 13.2 Å². The van der Waals surface area contributed by atoms with E-state index in [-0.39, 0.29) is 148 Å². The van der Waals surface area contributed by atoms with Gasteiger partial charge in [-0.1, -0.05) is 263 Å². The fourth-order valence-corrected chi connectivity index (χ4v) is 68.3. The van der Waals surface area contributed by atoms with Crippen molar-refractivity contribution in [2.24, 2.45) is 23.7 Å². The highest BCUT2D eigenvalue weighted by molar-refractivity contribution is 9.09. The van der Waals surface area contributed by atoms with Crippen molar-refractivity contribution in [1.82, 2.24) is 39.0 Å². The van der Waals surface area contributed by atoms with E-state index < -0.39 is 182 Å². The quantitative estimate of drug-likeness (QED) is 0.0266. The zero-order valence-corrected chi connectivity index (χ0v) is 108. The van der Waals surface area contributed by atoms with Crippen LogP contribution in [0.25, 0.3) is 22.3 Å². The maximum Gasteiger partial charge on any atom is 0.425 e. The SMILES string of the molecule is C=C1[C@@H](O)[C@H](F)C2O[Si](C(C)C)(C(C)C)O[Si](C(C)C)(C(C)C)OC[C@@H]12.C=C1[C@@H](n2cnc3c(N(C(=O)OC(C)(C)C)C(=O)OC(C)(C)C)ncnc32)[C@H](F)C2O[Si](C(C)C)(C(C)C)O[Si](C(C)C)(C(C)C)OC[C@@H]12.C=C1[C@@H]2CO[Si](C(C)C)(C(C)C)O[Si](C(C)C)(C(C)C)OC2[C@@H](F)[C@H]1Br.CC(C)[Si]1(C(C)C)OC[C@H]2C(Cn3cnc4c(N(C(=O)OC(C)(C)C)C(=O)OC(C)(C)C)ncnc43)=C[C@H](F)C2O[Si](C(C)C)(C(C)C)O1. The molecule has 1 N–H and O–H groups in total. The number of carbonyl (C=O) groups is 4. The molecule has 8 aliphatic rings. The number of nitrogens with zero attached hydrogens (tertiary/aromatic N) is 10. The van der Waals surface area contributed by atoms with E-state index in [1.165, 1.54) is 19.0 Å². The van der Waals surface area contributed by atoms with Gasteiger partial charge in [0.05, 0.1) is 47.9 Å². The average molecular weight is 2320 g/mol. The monoisotopic (exact) mass is 2310 g/mol. The van der Waals surface area contributed by atoms with Gasteiger partial charge in [-0.25, -0.2) is 66.6 Å². The lowest BCUT2D eigenvalue weighted by molar-refractivity contribution is -0.00441. The summed E-state index contributed by atoms with van der Waals surface area (Å²) in [5.74, 6) is -1.51. The first-order chi connectivity index (χ1) is 68.8. The van der Waals surface area contributed by atoms with Crippen LogP contribution < -0.4 is 9.80 Å². The summed E-state index contributed by atoms with van der Waals surface area (Å²) in [5, 5.41) is 10.3. The van der Waals surface area contributed by atoms with Gasteiger partial charge in [-0.3, -0.25) is 0 Å². The van der Waals surface area contributed by atoms with Crippen LogP contribution in [0.2, 0.25) is 88.7 Å². The van der Waals surface area contributed by atoms with Crippen molar-refractivity contribution >= 4 is 143 Å². The number of imidazole rings is 2. The summed E-state index contributed by atoms with van der Waals surface area (Å²) in [5.41, 5.74) is 2.43. The molecule has 4 aromatic heterocycles. The number of halogens is 5. The van der Waals surface area contributed by atoms with Gasteiger partial charge >= 0.3 is 92.9 Å². The number of anilines is 2. The summed E-state index contributed by atoms with van der Waals surface area (Å²) in [4.78, 5) is 81.2. The predicted molar refractivity (Wildman–Crippen MR) is 603 cm³/mol. The highest BCUT2D eigenvalue weighted by Crippen LogP contribution is 2.58. The van der Waals surface area contributed by atoms with Crippen LogP contribution in [-0.2, 0) is 77.4 Å². The molecule has 31 nitrogen and oxygen atoms in total. The van der Waals surface area contributed by atoms with E-state index in [1.54, 1.807) is 105 Å². The van der Waals surface area contributed by atoms with Gasteiger partial charge < -0.3 is 85.1 Å². The van der Waals surface area contributed by atoms with Gasteiger partial charge in [0.2, 0.25) is 0 Å². The Balaban J connectivity index is 0.000000231. The normalized spacial score (nSPS) is 27.3. The molecule has 4 aliphatic heterocycles. The van der Waals surface area contributed by atoms with Gasteiger partial charge in [0, 0.05) is 56.6 Å². The van der Waals surface area contributed by atoms with E-state index in [9.17, 15) is 28.7 Å². The Morgan fingerprint density at radius 1 is 0.373 bits per heavy atom. The van der Waals surface area contributed by atoms with Crippen molar-refractivity contribution in [2.45, 2.75) is 488 Å². The number of fused-ring (bicyclic) bond motifs is 6. The summed E-state index contributed by atoms with van der Waals surface area (Å²) >= 11 is 3.48. The summed E-state index contributed by atoms with van der Waals surface area (Å²) in [7, 11) is -22.5. The third-order valence-corrected chi connectivity index (χ3v) is 72.7. The number of alkyl halides is 5. The van der Waals surface area contributed by atoms with Crippen LogP contribution >= 0.6 is 15.9 Å². The molecule has 0 bridgehead atoms. The highest BCUT2D eigenvalue weighted by atomic mass is 79.9. The molecule has 3 saturated carbocycles. The lowest BCUT2D eigenvalue weighted by atomic mass is 10.00. The van der Waals surface area contributed by atoms with E-state index in [0.29, 0.717) is 46.0 Å². The molecule has 8 heterocycles. The Bertz CT molecular complexity index is 5120. The maximum absolute atomic E-state index is 17.1. The molecule has 0 radical (unpaired) electrons. The number of aliphatic hydroxyl groups excluding tert-OH is 1. The van der Waals surface area contributed by atoms with Gasteiger partial charge in [-0.05, 0) is 195 Å². The number of hydrogen-bond donors (Lipinski definition) is 1. The van der Waals surface area contributed by atoms with Crippen LogP contribution in [0.15, 0.2) is 73.4 Å². The molecule has 4 saturated heterocycles. The fourth-order valence-electron chi connectivity index (χ4n) is 22.7. The molecule has 4 unspecified atom stereocenters. The van der Waals surface area contributed by atoms with Crippen molar-refractivity contribution in [3.05, 3.63) is 73.4 Å². The second-order valence-corrected chi connectivity index (χ2v) is 87.4. The molecule has 7 fully saturated rings. The molecule has 852 valence electrons. The number of aromatic nitrogens is 8. The first kappa shape index (κ1) is 128. The molecule has 15 atom stereocenters. The molecule has 4 amide bonds. The van der Waals surface area contributed by atoms with Crippen molar-refractivity contribution < 1.29 is 113 Å². The van der Waals surface area contributed by atoms with Crippen LogP contribution in [0.1, 0.15) is 311 Å². The third-order valence-electron chi connectivity index (χ3n) is 30.6. The molecule has 12 rings (SSSR count). The largest absolute Gasteiger partial charge is 0.443 e. The fraction of sp³-hybridized carbons (Fsp3) is 0.792. The Kier molecular flexibility index (Phi) is 41.6. The van der Waals surface area contributed by atoms with E-state index in [1.807, 2.05) is 0 Å². The Hall–Kier alpha value is -5.04. The van der Waals surface area contributed by atoms with Gasteiger partial charge in [-0.2, -0.15) is 9.80 Å². The van der Waals surface area contributed by atoms with Crippen molar-refractivity contribution in [1.29, 1.82) is 0 Å². The van der Waals surface area contributed by atoms with Crippen LogP contribution in [0, 0.1) is 23.7 Å². The van der Waals surface area contributed by atoms with Crippen molar-refractivity contribution in [3.8, 4) is 0 Å². The number of imide groups is 2. The highest BCUT2D eigenvalue weighted by Gasteiger charge is 2.68. The van der Waals surface area contributed by atoms with Crippen LogP contribution in [0.3, 0.4) is 0 Å². The first-order valence-corrected chi connectivity index (χ1v) is 71.1. The number of carbonyl (C=O) groups excluding carboxylic acids is 4. The number of aliphatic hydroxyl groups is 1. The minimum absolute atomic E-state index is 0.0230. The molecule has 44 heteroatoms. The van der Waals surface area contributed by atoms with Gasteiger partial charge in [0.15, 0.2) is 46.3 Å². The standard InChI is InChI=1S/2C34H56FN5O7Si2.C19H36BrFO3Si2.C19H37FO4Si2/c1-20(2)48(21(3)4)43-17-25-24(15-26(35)28(25)46-49(47-48,22(5)6)23(7)8)16-39-19-38-27-29(39)36-18-37-30(27)40(31(41)44-33(9,10)11)32(42)45-34(12,13)14;1-19(2)48(20(3)4)43-16-24-23(9)27(25(35)28(24)46-49(47-48,21(5)6)22(7)8)39-18-38-26-29(39)36-17-37-30(26)40(31(41)44-33(10,11)12)32(42)45-34(13,14)15;1-11(2)25(12(3)4)22-10-16-15(9)17(20)18(21)19(16)23-26(24-25,13(5)6)14(7)8;1-11(2)25(12(3)4)22-10-16-15(9)18(21)17(20)19(16)23-26(24-25,13(5)6)14(7)8/h15,18-23,25-26,28H,16-17H2,1-14H3;17-22,24-25,27-28H,9,16H2,1-8,10-15H3;11-14,16-19H,9-10H2,1-8H3;11-14,16-19,21H,9-10H2,1-8H3/t25-,26-,28?;24-,25-,27+,28?;16-,17-,18-,19?;16-,17-,18+,19?/m0000/s1. The minimum Gasteiger partial charge on any atom is -0.443 e. The second-order valence-electron chi connectivity index (χ2n) is 51.0. The smallest absolute Gasteiger partial charge is 0.425 e. The third kappa shape index (κ3) is 26.0. The van der Waals surface area contributed by atoms with Gasteiger partial charge in [-0.15, -0.1) is 0 Å². The van der Waals surface area contributed by atoms with Crippen LogP contribution in [-0.4, -0.2) is 246 Å². The number of ether oxygens (including phenoxy) is 4. The van der Waals surface area contributed by atoms with E-state index in [4.69, 9.17) is 70.8 Å². The Labute approximate surface area is 910 Å². The number of amides is 4. The molecule has 4 aromatic rings. The van der Waals surface area contributed by atoms with E-state index in [2.05, 4.69) is 287 Å². The topological polar surface area (TPSA) is 330 Å². The molecule has 0 spiro atoms. The summed E-state index contributed by atoms with van der Waals surface area (Å²) in [6.07, 6.45) is -6.48. The van der Waals surface area contributed by atoms with Gasteiger partial charge in [0.1, 0.15) is 53.5 Å². The zero-order chi connectivity index (χ0) is 114. The molecule has 150 heavy (non-hydrogen) atoms. The lowest BCUT2D eigenvalue weighted by Crippen LogP contribution is -2.65.